The third-order valence-electron chi connectivity index (χ3n) is 4.09. The summed E-state index contributed by atoms with van der Waals surface area (Å²) in [5, 5.41) is 18.3. The SMILES string of the molecule is O=c1c2ccccc2c(/C=N/c2ncn[nH]2)c(O)n1Cc1ccccc1. The maximum Gasteiger partial charge on any atom is 0.261 e. The summed E-state index contributed by atoms with van der Waals surface area (Å²) in [5.41, 5.74) is 1.12. The molecule has 0 spiro atoms. The fourth-order valence-electron chi connectivity index (χ4n) is 2.84. The van der Waals surface area contributed by atoms with Crippen LogP contribution >= 0.6 is 0 Å². The van der Waals surface area contributed by atoms with Crippen LogP contribution in [-0.2, 0) is 6.54 Å². The number of rotatable bonds is 4. The van der Waals surface area contributed by atoms with Gasteiger partial charge in [0.25, 0.3) is 5.56 Å². The van der Waals surface area contributed by atoms with E-state index in [1.807, 2.05) is 36.4 Å². The molecule has 4 rings (SSSR count). The summed E-state index contributed by atoms with van der Waals surface area (Å²) >= 11 is 0. The number of aromatic nitrogens is 4. The van der Waals surface area contributed by atoms with Crippen molar-refractivity contribution < 1.29 is 5.11 Å². The van der Waals surface area contributed by atoms with Gasteiger partial charge in [0, 0.05) is 17.0 Å². The number of nitrogens with zero attached hydrogens (tertiary/aromatic N) is 4. The number of hydrogen-bond donors (Lipinski definition) is 2. The normalized spacial score (nSPS) is 11.4. The first-order chi connectivity index (χ1) is 12.7. The highest BCUT2D eigenvalue weighted by Gasteiger charge is 2.15. The Labute approximate surface area is 148 Å². The standard InChI is InChI=1S/C19H15N5O2/c25-17-15-9-5-4-8-14(15)16(10-20-19-21-12-22-23-19)18(26)24(17)11-13-6-2-1-3-7-13/h1-10,12,26H,11H2,(H,21,22,23)/b20-10+. The van der Waals surface area contributed by atoms with Gasteiger partial charge in [0.2, 0.25) is 11.8 Å². The van der Waals surface area contributed by atoms with Crippen LogP contribution in [0.25, 0.3) is 10.8 Å². The van der Waals surface area contributed by atoms with Gasteiger partial charge in [0.05, 0.1) is 12.1 Å². The molecule has 4 aromatic rings. The lowest BCUT2D eigenvalue weighted by Gasteiger charge is -2.13. The molecule has 2 N–H and O–H groups in total. The zero-order valence-corrected chi connectivity index (χ0v) is 13.7. The first-order valence-corrected chi connectivity index (χ1v) is 8.02. The number of benzene rings is 2. The Morgan fingerprint density at radius 2 is 1.81 bits per heavy atom. The molecule has 2 heterocycles. The highest BCUT2D eigenvalue weighted by molar-refractivity contribution is 6.01. The van der Waals surface area contributed by atoms with Gasteiger partial charge in [-0.3, -0.25) is 9.36 Å². The summed E-state index contributed by atoms with van der Waals surface area (Å²) in [6.07, 6.45) is 2.83. The molecule has 128 valence electrons. The minimum atomic E-state index is -0.251. The average molecular weight is 345 g/mol. The Balaban J connectivity index is 1.91. The van der Waals surface area contributed by atoms with Crippen LogP contribution in [0.5, 0.6) is 5.88 Å². The fraction of sp³-hybridized carbons (Fsp3) is 0.0526. The van der Waals surface area contributed by atoms with Crippen molar-refractivity contribution in [3.05, 3.63) is 82.4 Å². The minimum Gasteiger partial charge on any atom is -0.494 e. The largest absolute Gasteiger partial charge is 0.494 e. The molecule has 7 heteroatoms. The quantitative estimate of drug-likeness (QED) is 0.556. The van der Waals surface area contributed by atoms with Crippen molar-refractivity contribution in [2.75, 3.05) is 0 Å². The summed E-state index contributed by atoms with van der Waals surface area (Å²) < 4.78 is 1.35. The number of H-pyrrole nitrogens is 1. The minimum absolute atomic E-state index is 0.138. The Morgan fingerprint density at radius 1 is 1.08 bits per heavy atom. The number of hydrogen-bond acceptors (Lipinski definition) is 5. The summed E-state index contributed by atoms with van der Waals surface area (Å²) in [6.45, 7) is 0.263. The first kappa shape index (κ1) is 15.8. The number of nitrogens with one attached hydrogen (secondary N) is 1. The van der Waals surface area contributed by atoms with Gasteiger partial charge in [0.15, 0.2) is 0 Å². The third-order valence-corrected chi connectivity index (χ3v) is 4.09. The number of pyridine rings is 1. The van der Waals surface area contributed by atoms with Gasteiger partial charge in [-0.15, -0.1) is 0 Å². The Kier molecular flexibility index (Phi) is 4.03. The van der Waals surface area contributed by atoms with Crippen LogP contribution in [0.1, 0.15) is 11.1 Å². The first-order valence-electron chi connectivity index (χ1n) is 8.02. The second-order valence-corrected chi connectivity index (χ2v) is 5.73. The maximum atomic E-state index is 12.9. The highest BCUT2D eigenvalue weighted by Crippen LogP contribution is 2.24. The van der Waals surface area contributed by atoms with Gasteiger partial charge in [-0.05, 0) is 11.6 Å². The average Bonchev–Trinajstić information content (AvgIpc) is 3.19. The molecule has 0 aliphatic heterocycles. The van der Waals surface area contributed by atoms with E-state index in [2.05, 4.69) is 20.2 Å². The predicted octanol–water partition coefficient (Wildman–Crippen LogP) is 2.62. The molecular formula is C19H15N5O2. The van der Waals surface area contributed by atoms with E-state index in [9.17, 15) is 9.90 Å². The van der Waals surface area contributed by atoms with E-state index in [1.165, 1.54) is 17.1 Å². The van der Waals surface area contributed by atoms with Crippen molar-refractivity contribution in [3.63, 3.8) is 0 Å². The van der Waals surface area contributed by atoms with Crippen molar-refractivity contribution in [1.82, 2.24) is 19.7 Å². The smallest absolute Gasteiger partial charge is 0.261 e. The van der Waals surface area contributed by atoms with Gasteiger partial charge in [-0.2, -0.15) is 10.1 Å². The summed E-state index contributed by atoms with van der Waals surface area (Å²) in [5.74, 6) is 0.176. The second-order valence-electron chi connectivity index (χ2n) is 5.73. The lowest BCUT2D eigenvalue weighted by Crippen LogP contribution is -2.22. The Bertz CT molecular complexity index is 1130. The summed E-state index contributed by atoms with van der Waals surface area (Å²) in [6, 6.07) is 16.6. The number of aromatic amines is 1. The topological polar surface area (TPSA) is 96.2 Å². The van der Waals surface area contributed by atoms with Gasteiger partial charge < -0.3 is 5.11 Å². The second kappa shape index (κ2) is 6.64. The van der Waals surface area contributed by atoms with E-state index in [1.54, 1.807) is 18.2 Å². The van der Waals surface area contributed by atoms with Gasteiger partial charge >= 0.3 is 0 Å². The van der Waals surface area contributed by atoms with Crippen molar-refractivity contribution >= 4 is 22.9 Å². The molecule has 2 aromatic heterocycles. The van der Waals surface area contributed by atoms with Crippen LogP contribution in [0, 0.1) is 0 Å². The molecule has 2 aromatic carbocycles. The molecule has 0 atom stereocenters. The van der Waals surface area contributed by atoms with Crippen LogP contribution in [0.3, 0.4) is 0 Å². The molecule has 0 radical (unpaired) electrons. The van der Waals surface area contributed by atoms with Crippen LogP contribution in [0.2, 0.25) is 0 Å². The molecule has 26 heavy (non-hydrogen) atoms. The summed E-state index contributed by atoms with van der Waals surface area (Å²) in [4.78, 5) is 21.0. The predicted molar refractivity (Wildman–Crippen MR) is 99.1 cm³/mol. The molecule has 7 nitrogen and oxygen atoms in total. The van der Waals surface area contributed by atoms with Crippen LogP contribution in [0.15, 0.2) is 70.7 Å². The van der Waals surface area contributed by atoms with E-state index in [0.29, 0.717) is 22.3 Å². The number of aliphatic imine (C=N–C) groups is 1. The van der Waals surface area contributed by atoms with Crippen molar-refractivity contribution in [2.24, 2.45) is 4.99 Å². The van der Waals surface area contributed by atoms with Crippen molar-refractivity contribution in [3.8, 4) is 5.88 Å². The molecule has 0 unspecified atom stereocenters. The van der Waals surface area contributed by atoms with E-state index < -0.39 is 0 Å². The fourth-order valence-corrected chi connectivity index (χ4v) is 2.84. The van der Waals surface area contributed by atoms with Crippen LogP contribution in [0.4, 0.5) is 5.95 Å². The lowest BCUT2D eigenvalue weighted by molar-refractivity contribution is 0.416. The zero-order valence-electron chi connectivity index (χ0n) is 13.7. The van der Waals surface area contributed by atoms with Gasteiger partial charge in [-0.1, -0.05) is 48.5 Å². The van der Waals surface area contributed by atoms with Gasteiger partial charge in [0.1, 0.15) is 6.33 Å². The van der Waals surface area contributed by atoms with E-state index >= 15 is 0 Å². The monoisotopic (exact) mass is 345 g/mol. The zero-order chi connectivity index (χ0) is 17.9. The Morgan fingerprint density at radius 3 is 2.54 bits per heavy atom. The molecule has 0 fully saturated rings. The molecule has 0 saturated heterocycles. The van der Waals surface area contributed by atoms with Gasteiger partial charge in [-0.25, -0.2) is 10.1 Å². The van der Waals surface area contributed by atoms with Crippen LogP contribution < -0.4 is 5.56 Å². The van der Waals surface area contributed by atoms with E-state index in [-0.39, 0.29) is 18.0 Å². The van der Waals surface area contributed by atoms with Crippen molar-refractivity contribution in [2.45, 2.75) is 6.54 Å². The number of aromatic hydroxyl groups is 1. The Hall–Kier alpha value is -3.74. The molecule has 0 amide bonds. The molecule has 0 bridgehead atoms. The number of fused-ring (bicyclic) bond motifs is 1. The molecule has 0 aliphatic rings. The maximum absolute atomic E-state index is 12.9. The van der Waals surface area contributed by atoms with E-state index in [0.717, 1.165) is 5.56 Å². The van der Waals surface area contributed by atoms with Crippen LogP contribution in [-0.4, -0.2) is 31.1 Å². The van der Waals surface area contributed by atoms with E-state index in [4.69, 9.17) is 0 Å². The third kappa shape index (κ3) is 2.86. The molecule has 0 saturated carbocycles. The molecule has 0 aliphatic carbocycles. The van der Waals surface area contributed by atoms with Crippen molar-refractivity contribution in [1.29, 1.82) is 0 Å². The lowest BCUT2D eigenvalue weighted by atomic mass is 10.1. The molecular weight excluding hydrogens is 330 g/mol. The highest BCUT2D eigenvalue weighted by atomic mass is 16.3. The summed E-state index contributed by atoms with van der Waals surface area (Å²) in [7, 11) is 0.